The van der Waals surface area contributed by atoms with Crippen molar-refractivity contribution in [3.63, 3.8) is 0 Å². The van der Waals surface area contributed by atoms with E-state index in [9.17, 15) is 0 Å². The van der Waals surface area contributed by atoms with Crippen LogP contribution in [0.4, 0.5) is 5.69 Å². The average molecular weight is 351 g/mol. The van der Waals surface area contributed by atoms with Gasteiger partial charge in [0.05, 0.1) is 0 Å². The smallest absolute Gasteiger partial charge is 0.0467 e. The summed E-state index contributed by atoms with van der Waals surface area (Å²) in [4.78, 5) is 2.43. The Morgan fingerprint density at radius 1 is 1.00 bits per heavy atom. The highest BCUT2D eigenvalue weighted by Gasteiger charge is 2.14. The molecular weight excluding hydrogens is 334 g/mol. The van der Waals surface area contributed by atoms with E-state index in [1.165, 1.54) is 16.8 Å². The molecule has 1 nitrogen and oxygen atoms in total. The molecule has 1 heterocycles. The van der Waals surface area contributed by atoms with Crippen molar-refractivity contribution in [1.29, 1.82) is 0 Å². The van der Waals surface area contributed by atoms with Crippen molar-refractivity contribution < 1.29 is 0 Å². The van der Waals surface area contributed by atoms with Crippen molar-refractivity contribution in [2.45, 2.75) is 18.2 Å². The molecule has 3 heteroatoms. The van der Waals surface area contributed by atoms with E-state index < -0.39 is 0 Å². The van der Waals surface area contributed by atoms with E-state index in [1.807, 2.05) is 0 Å². The molecule has 0 N–H and O–H groups in total. The minimum absolute atomic E-state index is 0.803. The minimum Gasteiger partial charge on any atom is -0.371 e. The van der Waals surface area contributed by atoms with Gasteiger partial charge in [0.15, 0.2) is 0 Å². The molecule has 0 amide bonds. The molecular formula is C17H17BrClN. The Bertz CT molecular complexity index is 585. The highest BCUT2D eigenvalue weighted by molar-refractivity contribution is 9.08. The van der Waals surface area contributed by atoms with Gasteiger partial charge in [-0.1, -0.05) is 57.9 Å². The summed E-state index contributed by atoms with van der Waals surface area (Å²) in [6, 6.07) is 15.2. The first-order valence-electron chi connectivity index (χ1n) is 6.94. The molecule has 20 heavy (non-hydrogen) atoms. The Hall–Kier alpha value is -0.990. The predicted molar refractivity (Wildman–Crippen MR) is 90.1 cm³/mol. The van der Waals surface area contributed by atoms with Gasteiger partial charge in [0.2, 0.25) is 0 Å². The van der Waals surface area contributed by atoms with E-state index in [0.29, 0.717) is 0 Å². The summed E-state index contributed by atoms with van der Waals surface area (Å²) in [5.41, 5.74) is 5.34. The van der Waals surface area contributed by atoms with Crippen LogP contribution in [0.25, 0.3) is 0 Å². The van der Waals surface area contributed by atoms with E-state index in [2.05, 4.69) is 63.3 Å². The molecule has 3 rings (SSSR count). The lowest BCUT2D eigenvalue weighted by Crippen LogP contribution is -2.25. The molecule has 1 aliphatic rings. The number of fused-ring (bicyclic) bond motifs is 1. The van der Waals surface area contributed by atoms with Crippen molar-refractivity contribution in [3.05, 3.63) is 64.2 Å². The summed E-state index contributed by atoms with van der Waals surface area (Å²) in [6.07, 6.45) is 2.21. The zero-order valence-electron chi connectivity index (χ0n) is 11.3. The van der Waals surface area contributed by atoms with Crippen molar-refractivity contribution in [2.24, 2.45) is 0 Å². The van der Waals surface area contributed by atoms with E-state index in [0.717, 1.165) is 41.8 Å². The molecule has 0 aromatic heterocycles. The Kier molecular flexibility index (Phi) is 4.32. The molecule has 0 aliphatic carbocycles. The summed E-state index contributed by atoms with van der Waals surface area (Å²) in [5, 5.41) is 1.65. The fraction of sp³-hybridized carbons (Fsp3) is 0.294. The first-order valence-corrected chi connectivity index (χ1v) is 8.44. The number of halogens is 2. The molecule has 0 saturated heterocycles. The molecule has 0 fully saturated rings. The Labute approximate surface area is 133 Å². The van der Waals surface area contributed by atoms with Gasteiger partial charge in [-0.15, -0.1) is 0 Å². The summed E-state index contributed by atoms with van der Waals surface area (Å²) in [5.74, 6) is 0. The lowest BCUT2D eigenvalue weighted by atomic mass is 10.0. The third-order valence-electron chi connectivity index (χ3n) is 3.97. The van der Waals surface area contributed by atoms with Gasteiger partial charge in [0.25, 0.3) is 0 Å². The third kappa shape index (κ3) is 2.87. The van der Waals surface area contributed by atoms with E-state index in [1.54, 1.807) is 0 Å². The Balaban J connectivity index is 1.81. The van der Waals surface area contributed by atoms with Crippen molar-refractivity contribution in [3.8, 4) is 0 Å². The van der Waals surface area contributed by atoms with Crippen LogP contribution in [0.1, 0.15) is 16.7 Å². The highest BCUT2D eigenvalue weighted by Crippen LogP contribution is 2.27. The normalized spacial score (nSPS) is 14.8. The zero-order valence-corrected chi connectivity index (χ0v) is 13.6. The average Bonchev–Trinajstić information content (AvgIpc) is 2.70. The Morgan fingerprint density at radius 3 is 2.20 bits per heavy atom. The van der Waals surface area contributed by atoms with Crippen LogP contribution in [0.2, 0.25) is 5.02 Å². The summed E-state index contributed by atoms with van der Waals surface area (Å²) >= 11 is 9.78. The standard InChI is InChI=1S/C17H17BrClN/c18-12-15-5-6-16(11-17(15)19)20-9-7-13-3-1-2-4-14(13)8-10-20/h1-6,11H,7-10,12H2. The lowest BCUT2D eigenvalue weighted by Gasteiger charge is -2.23. The molecule has 2 aromatic carbocycles. The van der Waals surface area contributed by atoms with Crippen molar-refractivity contribution in [1.82, 2.24) is 0 Å². The fourth-order valence-corrected chi connectivity index (χ4v) is 3.66. The first kappa shape index (κ1) is 14.0. The molecule has 0 atom stereocenters. The van der Waals surface area contributed by atoms with Crippen LogP contribution in [0.15, 0.2) is 42.5 Å². The second kappa shape index (κ2) is 6.19. The topological polar surface area (TPSA) is 3.24 Å². The molecule has 2 aromatic rings. The summed E-state index contributed by atoms with van der Waals surface area (Å²) in [7, 11) is 0. The maximum atomic E-state index is 6.32. The highest BCUT2D eigenvalue weighted by atomic mass is 79.9. The number of benzene rings is 2. The zero-order chi connectivity index (χ0) is 13.9. The third-order valence-corrected chi connectivity index (χ3v) is 4.92. The van der Waals surface area contributed by atoms with Gasteiger partial charge in [-0.05, 0) is 41.7 Å². The maximum absolute atomic E-state index is 6.32. The molecule has 1 aliphatic heterocycles. The second-order valence-corrected chi connectivity index (χ2v) is 6.13. The van der Waals surface area contributed by atoms with Gasteiger partial charge >= 0.3 is 0 Å². The number of nitrogens with zero attached hydrogens (tertiary/aromatic N) is 1. The lowest BCUT2D eigenvalue weighted by molar-refractivity contribution is 0.805. The van der Waals surface area contributed by atoms with Gasteiger partial charge in [-0.3, -0.25) is 0 Å². The van der Waals surface area contributed by atoms with Gasteiger partial charge in [-0.25, -0.2) is 0 Å². The number of alkyl halides is 1. The molecule has 0 saturated carbocycles. The first-order chi connectivity index (χ1) is 9.78. The van der Waals surface area contributed by atoms with Crippen molar-refractivity contribution >= 4 is 33.2 Å². The van der Waals surface area contributed by atoms with Crippen LogP contribution < -0.4 is 4.90 Å². The fourth-order valence-electron chi connectivity index (χ4n) is 2.77. The van der Waals surface area contributed by atoms with Crippen LogP contribution >= 0.6 is 27.5 Å². The summed E-state index contributed by atoms with van der Waals surface area (Å²) in [6.45, 7) is 2.11. The van der Waals surface area contributed by atoms with Gasteiger partial charge in [0.1, 0.15) is 0 Å². The number of anilines is 1. The maximum Gasteiger partial charge on any atom is 0.0467 e. The second-order valence-electron chi connectivity index (χ2n) is 5.17. The summed E-state index contributed by atoms with van der Waals surface area (Å²) < 4.78 is 0. The number of hydrogen-bond donors (Lipinski definition) is 0. The quantitative estimate of drug-likeness (QED) is 0.701. The Morgan fingerprint density at radius 2 is 1.65 bits per heavy atom. The molecule has 0 bridgehead atoms. The van der Waals surface area contributed by atoms with E-state index in [-0.39, 0.29) is 0 Å². The predicted octanol–water partition coefficient (Wildman–Crippen LogP) is 4.84. The molecule has 104 valence electrons. The van der Waals surface area contributed by atoms with Crippen LogP contribution in [-0.2, 0) is 18.2 Å². The molecule has 0 unspecified atom stereocenters. The monoisotopic (exact) mass is 349 g/mol. The minimum atomic E-state index is 0.803. The number of rotatable bonds is 2. The molecule has 0 radical (unpaired) electrons. The molecule has 0 spiro atoms. The van der Waals surface area contributed by atoms with Gasteiger partial charge in [0, 0.05) is 29.1 Å². The van der Waals surface area contributed by atoms with Gasteiger partial charge in [-0.2, -0.15) is 0 Å². The van der Waals surface area contributed by atoms with E-state index in [4.69, 9.17) is 11.6 Å². The van der Waals surface area contributed by atoms with Crippen LogP contribution in [-0.4, -0.2) is 13.1 Å². The van der Waals surface area contributed by atoms with Crippen molar-refractivity contribution in [2.75, 3.05) is 18.0 Å². The van der Waals surface area contributed by atoms with E-state index >= 15 is 0 Å². The largest absolute Gasteiger partial charge is 0.371 e. The van der Waals surface area contributed by atoms with Gasteiger partial charge < -0.3 is 4.90 Å². The van der Waals surface area contributed by atoms with Crippen LogP contribution in [0.5, 0.6) is 0 Å². The SMILES string of the molecule is Clc1cc(N2CCc3ccccc3CC2)ccc1CBr. The van der Waals surface area contributed by atoms with Crippen LogP contribution in [0.3, 0.4) is 0 Å². The number of hydrogen-bond acceptors (Lipinski definition) is 1. The van der Waals surface area contributed by atoms with Crippen LogP contribution in [0, 0.1) is 0 Å².